The van der Waals surface area contributed by atoms with Crippen LogP contribution in [-0.2, 0) is 11.8 Å². The number of likely N-dealkylation sites (tertiary alicyclic amines) is 1. The van der Waals surface area contributed by atoms with E-state index in [0.29, 0.717) is 11.4 Å². The first kappa shape index (κ1) is 16.0. The Hall–Kier alpha value is -2.50. The van der Waals surface area contributed by atoms with Crippen molar-refractivity contribution in [1.29, 1.82) is 0 Å². The van der Waals surface area contributed by atoms with Gasteiger partial charge in [0.05, 0.1) is 12.8 Å². The number of aromatic nitrogens is 3. The van der Waals surface area contributed by atoms with Gasteiger partial charge >= 0.3 is 0 Å². The molecule has 130 valence electrons. The molecule has 0 bridgehead atoms. The highest BCUT2D eigenvalue weighted by Crippen LogP contribution is 2.44. The number of rotatable bonds is 2. The van der Waals surface area contributed by atoms with Gasteiger partial charge in [0.15, 0.2) is 0 Å². The second-order valence-corrected chi connectivity index (χ2v) is 6.99. The van der Waals surface area contributed by atoms with Crippen LogP contribution in [0.25, 0.3) is 0 Å². The number of carbonyl (C=O) groups excluding carboxylic acids is 1. The normalized spacial score (nSPS) is 22.1. The standard InChI is InChI=1S/C19H22N4O2/c1-13-21-11-15-4-7-19(17(15)22-13)6-3-9-23(12-19)18(24)14-5-8-20-16(10-14)25-2/h5,8,10-11H,3-4,6-7,9,12H2,1-2H3. The van der Waals surface area contributed by atoms with Crippen LogP contribution in [0, 0.1) is 6.92 Å². The number of piperidine rings is 1. The molecule has 1 fully saturated rings. The number of amides is 1. The van der Waals surface area contributed by atoms with Gasteiger partial charge in [0, 0.05) is 42.5 Å². The maximum atomic E-state index is 13.0. The van der Waals surface area contributed by atoms with Gasteiger partial charge in [-0.3, -0.25) is 4.79 Å². The Labute approximate surface area is 147 Å². The summed E-state index contributed by atoms with van der Waals surface area (Å²) in [7, 11) is 1.56. The minimum atomic E-state index is -0.0198. The summed E-state index contributed by atoms with van der Waals surface area (Å²) in [6.07, 6.45) is 7.70. The molecule has 1 aliphatic carbocycles. The number of pyridine rings is 1. The van der Waals surface area contributed by atoms with Crippen LogP contribution < -0.4 is 4.74 Å². The number of hydrogen-bond acceptors (Lipinski definition) is 5. The summed E-state index contributed by atoms with van der Waals surface area (Å²) >= 11 is 0. The highest BCUT2D eigenvalue weighted by molar-refractivity contribution is 5.94. The first-order chi connectivity index (χ1) is 12.1. The Bertz CT molecular complexity index is 819. The summed E-state index contributed by atoms with van der Waals surface area (Å²) in [5.41, 5.74) is 3.00. The molecule has 6 heteroatoms. The SMILES string of the molecule is COc1cc(C(=O)N2CCCC3(CCc4cnc(C)nc43)C2)ccn1. The molecule has 2 aromatic heterocycles. The van der Waals surface area contributed by atoms with E-state index >= 15 is 0 Å². The Morgan fingerprint density at radius 1 is 1.32 bits per heavy atom. The number of hydrogen-bond donors (Lipinski definition) is 0. The number of fused-ring (bicyclic) bond motifs is 2. The van der Waals surface area contributed by atoms with Gasteiger partial charge in [-0.2, -0.15) is 0 Å². The average Bonchev–Trinajstić information content (AvgIpc) is 2.98. The van der Waals surface area contributed by atoms with Crippen molar-refractivity contribution in [2.45, 2.75) is 38.0 Å². The molecule has 1 aliphatic heterocycles. The van der Waals surface area contributed by atoms with E-state index in [-0.39, 0.29) is 11.3 Å². The zero-order chi connectivity index (χ0) is 17.4. The highest BCUT2D eigenvalue weighted by atomic mass is 16.5. The summed E-state index contributed by atoms with van der Waals surface area (Å²) in [5, 5.41) is 0. The smallest absolute Gasteiger partial charge is 0.254 e. The summed E-state index contributed by atoms with van der Waals surface area (Å²) in [4.78, 5) is 28.1. The summed E-state index contributed by atoms with van der Waals surface area (Å²) < 4.78 is 5.15. The number of carbonyl (C=O) groups is 1. The zero-order valence-electron chi connectivity index (χ0n) is 14.7. The Kier molecular flexibility index (Phi) is 3.90. The quantitative estimate of drug-likeness (QED) is 0.840. The van der Waals surface area contributed by atoms with Gasteiger partial charge in [0.2, 0.25) is 5.88 Å². The van der Waals surface area contributed by atoms with Gasteiger partial charge in [-0.05, 0) is 44.2 Å². The lowest BCUT2D eigenvalue weighted by atomic mass is 9.77. The average molecular weight is 338 g/mol. The number of methoxy groups -OCH3 is 1. The maximum absolute atomic E-state index is 13.0. The molecule has 1 atom stereocenters. The van der Waals surface area contributed by atoms with Crippen molar-refractivity contribution < 1.29 is 9.53 Å². The van der Waals surface area contributed by atoms with E-state index in [4.69, 9.17) is 9.72 Å². The third-order valence-electron chi connectivity index (χ3n) is 5.42. The van der Waals surface area contributed by atoms with Gasteiger partial charge < -0.3 is 9.64 Å². The fraction of sp³-hybridized carbons (Fsp3) is 0.474. The number of nitrogens with zero attached hydrogens (tertiary/aromatic N) is 4. The van der Waals surface area contributed by atoms with Crippen LogP contribution in [0.15, 0.2) is 24.5 Å². The second kappa shape index (κ2) is 6.10. The Morgan fingerprint density at radius 3 is 3.04 bits per heavy atom. The van der Waals surface area contributed by atoms with Crippen LogP contribution in [0.2, 0.25) is 0 Å². The minimum absolute atomic E-state index is 0.0198. The lowest BCUT2D eigenvalue weighted by molar-refractivity contribution is 0.0632. The van der Waals surface area contributed by atoms with Crippen molar-refractivity contribution in [3.8, 4) is 5.88 Å². The molecule has 0 N–H and O–H groups in total. The van der Waals surface area contributed by atoms with Crippen molar-refractivity contribution >= 4 is 5.91 Å². The molecule has 0 aromatic carbocycles. The summed E-state index contributed by atoms with van der Waals surface area (Å²) in [6, 6.07) is 3.46. The largest absolute Gasteiger partial charge is 0.481 e. The molecule has 1 amide bonds. The van der Waals surface area contributed by atoms with E-state index in [1.807, 2.05) is 18.0 Å². The van der Waals surface area contributed by atoms with Crippen molar-refractivity contribution in [3.63, 3.8) is 0 Å². The molecule has 0 radical (unpaired) electrons. The van der Waals surface area contributed by atoms with Crippen LogP contribution in [-0.4, -0.2) is 46.0 Å². The molecule has 2 aromatic rings. The molecular formula is C19H22N4O2. The fourth-order valence-electron chi connectivity index (χ4n) is 4.17. The predicted octanol–water partition coefficient (Wildman–Crippen LogP) is 2.31. The van der Waals surface area contributed by atoms with Gasteiger partial charge in [0.25, 0.3) is 5.91 Å². The topological polar surface area (TPSA) is 68.2 Å². The van der Waals surface area contributed by atoms with Crippen LogP contribution in [0.4, 0.5) is 0 Å². The van der Waals surface area contributed by atoms with E-state index < -0.39 is 0 Å². The van der Waals surface area contributed by atoms with E-state index in [1.54, 1.807) is 25.4 Å². The Morgan fingerprint density at radius 2 is 2.20 bits per heavy atom. The van der Waals surface area contributed by atoms with E-state index in [2.05, 4.69) is 9.97 Å². The summed E-state index contributed by atoms with van der Waals surface area (Å²) in [6.45, 7) is 3.44. The molecule has 1 saturated heterocycles. The van der Waals surface area contributed by atoms with E-state index in [0.717, 1.165) is 50.3 Å². The monoisotopic (exact) mass is 338 g/mol. The molecule has 2 aliphatic rings. The predicted molar refractivity (Wildman–Crippen MR) is 92.7 cm³/mol. The third-order valence-corrected chi connectivity index (χ3v) is 5.42. The van der Waals surface area contributed by atoms with E-state index in [9.17, 15) is 4.79 Å². The molecule has 25 heavy (non-hydrogen) atoms. The Balaban J connectivity index is 1.62. The summed E-state index contributed by atoms with van der Waals surface area (Å²) in [5.74, 6) is 1.31. The van der Waals surface area contributed by atoms with Crippen LogP contribution in [0.3, 0.4) is 0 Å². The van der Waals surface area contributed by atoms with Crippen molar-refractivity contribution in [2.75, 3.05) is 20.2 Å². The molecule has 4 rings (SSSR count). The van der Waals surface area contributed by atoms with Crippen molar-refractivity contribution in [3.05, 3.63) is 47.2 Å². The van der Waals surface area contributed by atoms with Crippen LogP contribution >= 0.6 is 0 Å². The van der Waals surface area contributed by atoms with Crippen molar-refractivity contribution in [1.82, 2.24) is 19.9 Å². The first-order valence-electron chi connectivity index (χ1n) is 8.74. The van der Waals surface area contributed by atoms with Crippen LogP contribution in [0.5, 0.6) is 5.88 Å². The number of aryl methyl sites for hydroxylation is 2. The second-order valence-electron chi connectivity index (χ2n) is 6.99. The lowest BCUT2D eigenvalue weighted by Gasteiger charge is -2.40. The first-order valence-corrected chi connectivity index (χ1v) is 8.74. The van der Waals surface area contributed by atoms with Gasteiger partial charge in [0.1, 0.15) is 5.82 Å². The lowest BCUT2D eigenvalue weighted by Crippen LogP contribution is -2.48. The van der Waals surface area contributed by atoms with Crippen LogP contribution in [0.1, 0.15) is 46.7 Å². The molecular weight excluding hydrogens is 316 g/mol. The van der Waals surface area contributed by atoms with Gasteiger partial charge in [-0.15, -0.1) is 0 Å². The van der Waals surface area contributed by atoms with E-state index in [1.165, 1.54) is 5.56 Å². The van der Waals surface area contributed by atoms with Gasteiger partial charge in [-0.1, -0.05) is 0 Å². The zero-order valence-corrected chi connectivity index (χ0v) is 14.7. The molecule has 3 heterocycles. The van der Waals surface area contributed by atoms with Gasteiger partial charge in [-0.25, -0.2) is 15.0 Å². The fourth-order valence-corrected chi connectivity index (χ4v) is 4.17. The molecule has 1 unspecified atom stereocenters. The van der Waals surface area contributed by atoms with Crippen molar-refractivity contribution in [2.24, 2.45) is 0 Å². The minimum Gasteiger partial charge on any atom is -0.481 e. The molecule has 0 saturated carbocycles. The number of ether oxygens (including phenoxy) is 1. The third kappa shape index (κ3) is 2.75. The molecule has 6 nitrogen and oxygen atoms in total. The highest BCUT2D eigenvalue weighted by Gasteiger charge is 2.44. The maximum Gasteiger partial charge on any atom is 0.254 e. The molecule has 1 spiro atoms.